The van der Waals surface area contributed by atoms with Crippen LogP contribution < -0.4 is 0 Å². The van der Waals surface area contributed by atoms with Crippen LogP contribution in [-0.4, -0.2) is 49.0 Å². The van der Waals surface area contributed by atoms with Crippen LogP contribution in [-0.2, 0) is 0 Å². The van der Waals surface area contributed by atoms with E-state index in [1.807, 2.05) is 0 Å². The molecule has 0 aliphatic heterocycles. The van der Waals surface area contributed by atoms with Crippen LogP contribution in [0.25, 0.3) is 0 Å². The van der Waals surface area contributed by atoms with E-state index in [0.717, 1.165) is 0 Å². The normalized spacial score (nSPS) is 13.6. The molecule has 2 rings (SSSR count). The maximum absolute atomic E-state index is 11.7. The fourth-order valence-corrected chi connectivity index (χ4v) is 1.99. The molecule has 1 aliphatic rings. The predicted octanol–water partition coefficient (Wildman–Crippen LogP) is 0.315. The number of carbonyl (C=O) groups is 4. The lowest BCUT2D eigenvalue weighted by Gasteiger charge is -2.18. The average molecular weight is 294 g/mol. The number of carboxylic acids is 2. The van der Waals surface area contributed by atoms with Crippen LogP contribution in [0.5, 0.6) is 11.5 Å². The molecule has 0 saturated carbocycles. The van der Waals surface area contributed by atoms with E-state index >= 15 is 0 Å². The minimum absolute atomic E-state index is 0.426. The van der Waals surface area contributed by atoms with Crippen molar-refractivity contribution in [3.63, 3.8) is 0 Å². The number of aliphatic hydroxyl groups excluding tert-OH is 1. The number of phenols is 2. The van der Waals surface area contributed by atoms with Crippen molar-refractivity contribution in [3.8, 4) is 11.5 Å². The van der Waals surface area contributed by atoms with Crippen molar-refractivity contribution >= 4 is 23.5 Å². The van der Waals surface area contributed by atoms with Gasteiger partial charge in [-0.05, 0) is 0 Å². The van der Waals surface area contributed by atoms with Crippen LogP contribution in [0.3, 0.4) is 0 Å². The molecule has 5 N–H and O–H groups in total. The Labute approximate surface area is 115 Å². The van der Waals surface area contributed by atoms with E-state index in [0.29, 0.717) is 6.08 Å². The molecule has 1 aliphatic carbocycles. The Morgan fingerprint density at radius 2 is 1.24 bits per heavy atom. The zero-order valence-corrected chi connectivity index (χ0v) is 9.95. The highest BCUT2D eigenvalue weighted by atomic mass is 16.4. The Morgan fingerprint density at radius 3 is 1.67 bits per heavy atom. The number of fused-ring (bicyclic) bond motifs is 1. The monoisotopic (exact) mass is 294 g/mol. The lowest BCUT2D eigenvalue weighted by atomic mass is 9.87. The van der Waals surface area contributed by atoms with Crippen molar-refractivity contribution in [1.29, 1.82) is 0 Å². The summed E-state index contributed by atoms with van der Waals surface area (Å²) in [5, 5.41) is 46.7. The second-order valence-corrected chi connectivity index (χ2v) is 4.03. The first kappa shape index (κ1) is 14.1. The second-order valence-electron chi connectivity index (χ2n) is 4.03. The van der Waals surface area contributed by atoms with E-state index in [1.165, 1.54) is 0 Å². The van der Waals surface area contributed by atoms with Gasteiger partial charge in [-0.15, -0.1) is 0 Å². The molecule has 9 nitrogen and oxygen atoms in total. The van der Waals surface area contributed by atoms with Gasteiger partial charge in [0, 0.05) is 6.08 Å². The van der Waals surface area contributed by atoms with Crippen molar-refractivity contribution < 1.29 is 44.7 Å². The third-order valence-electron chi connectivity index (χ3n) is 2.85. The maximum Gasteiger partial charge on any atom is 0.340 e. The molecule has 1 aromatic rings. The SMILES string of the molecule is O=C(O)c1c(O)c2c(c(O)c1C(=O)O)C(=O)C(O)=CC2=O. The van der Waals surface area contributed by atoms with Crippen molar-refractivity contribution in [2.24, 2.45) is 0 Å². The fraction of sp³-hybridized carbons (Fsp3) is 0. The second kappa shape index (κ2) is 4.34. The topological polar surface area (TPSA) is 169 Å². The number of carboxylic acid groups (broad SMARTS) is 2. The summed E-state index contributed by atoms with van der Waals surface area (Å²) in [4.78, 5) is 45.5. The van der Waals surface area contributed by atoms with E-state index in [4.69, 9.17) is 10.2 Å². The van der Waals surface area contributed by atoms with E-state index < -0.39 is 63.0 Å². The zero-order valence-electron chi connectivity index (χ0n) is 9.95. The van der Waals surface area contributed by atoms with Gasteiger partial charge in [-0.1, -0.05) is 0 Å². The Kier molecular flexibility index (Phi) is 2.90. The van der Waals surface area contributed by atoms with E-state index in [9.17, 15) is 34.5 Å². The number of benzene rings is 1. The van der Waals surface area contributed by atoms with Crippen LogP contribution in [0.2, 0.25) is 0 Å². The number of carbonyl (C=O) groups excluding carboxylic acids is 2. The number of aromatic hydroxyl groups is 2. The summed E-state index contributed by atoms with van der Waals surface area (Å²) < 4.78 is 0. The van der Waals surface area contributed by atoms with Crippen LogP contribution in [0, 0.1) is 0 Å². The van der Waals surface area contributed by atoms with Gasteiger partial charge in [0.1, 0.15) is 22.6 Å². The molecule has 0 radical (unpaired) electrons. The molecule has 0 unspecified atom stereocenters. The van der Waals surface area contributed by atoms with Crippen molar-refractivity contribution in [2.45, 2.75) is 0 Å². The summed E-state index contributed by atoms with van der Waals surface area (Å²) in [5.74, 6) is -9.95. The van der Waals surface area contributed by atoms with Gasteiger partial charge in [0.25, 0.3) is 0 Å². The number of hydrogen-bond acceptors (Lipinski definition) is 7. The minimum atomic E-state index is -1.93. The zero-order chi connectivity index (χ0) is 16.1. The molecule has 1 aromatic carbocycles. The van der Waals surface area contributed by atoms with E-state index in [2.05, 4.69) is 0 Å². The Balaban J connectivity index is 3.04. The molecule has 0 saturated heterocycles. The molecule has 0 bridgehead atoms. The maximum atomic E-state index is 11.7. The third kappa shape index (κ3) is 1.79. The van der Waals surface area contributed by atoms with Crippen molar-refractivity contribution in [1.82, 2.24) is 0 Å². The average Bonchev–Trinajstić information content (AvgIpc) is 2.36. The number of allylic oxidation sites excluding steroid dienone is 2. The molecule has 9 heteroatoms. The van der Waals surface area contributed by atoms with Gasteiger partial charge in [-0.2, -0.15) is 0 Å². The van der Waals surface area contributed by atoms with Gasteiger partial charge in [0.2, 0.25) is 5.78 Å². The number of aliphatic hydroxyl groups is 1. The highest BCUT2D eigenvalue weighted by molar-refractivity contribution is 6.28. The van der Waals surface area contributed by atoms with E-state index in [-0.39, 0.29) is 0 Å². The van der Waals surface area contributed by atoms with Crippen molar-refractivity contribution in [2.75, 3.05) is 0 Å². The summed E-state index contributed by atoms with van der Waals surface area (Å²) in [6.45, 7) is 0. The Bertz CT molecular complexity index is 770. The third-order valence-corrected chi connectivity index (χ3v) is 2.85. The molecular formula is C12H6O9. The predicted molar refractivity (Wildman–Crippen MR) is 63.1 cm³/mol. The summed E-state index contributed by atoms with van der Waals surface area (Å²) in [7, 11) is 0. The van der Waals surface area contributed by atoms with Gasteiger partial charge >= 0.3 is 11.9 Å². The van der Waals surface area contributed by atoms with Crippen LogP contribution in [0.1, 0.15) is 41.4 Å². The largest absolute Gasteiger partial charge is 0.506 e. The molecule has 108 valence electrons. The molecular weight excluding hydrogens is 288 g/mol. The summed E-state index contributed by atoms with van der Waals surface area (Å²) in [6, 6.07) is 0. The molecule has 0 heterocycles. The van der Waals surface area contributed by atoms with Gasteiger partial charge in [-0.25, -0.2) is 9.59 Å². The van der Waals surface area contributed by atoms with Crippen molar-refractivity contribution in [3.05, 3.63) is 34.1 Å². The first-order valence-corrected chi connectivity index (χ1v) is 5.26. The molecule has 0 amide bonds. The fourth-order valence-electron chi connectivity index (χ4n) is 1.99. The number of ketones is 2. The molecule has 0 atom stereocenters. The lowest BCUT2D eigenvalue weighted by molar-refractivity contribution is 0.0644. The van der Waals surface area contributed by atoms with E-state index in [1.54, 1.807) is 0 Å². The van der Waals surface area contributed by atoms with Crippen LogP contribution in [0.15, 0.2) is 11.8 Å². The number of rotatable bonds is 2. The standard InChI is InChI=1S/C12H6O9/c13-2-1-3(14)8(15)5-4(2)9(16)6(11(18)19)7(10(5)17)12(20)21/h1,14,16-17H,(H,18,19)(H,20,21). The van der Waals surface area contributed by atoms with Crippen LogP contribution in [0.4, 0.5) is 0 Å². The summed E-state index contributed by atoms with van der Waals surface area (Å²) in [6.07, 6.45) is 0.426. The smallest absolute Gasteiger partial charge is 0.340 e. The van der Waals surface area contributed by atoms with Gasteiger partial charge in [-0.3, -0.25) is 9.59 Å². The number of aromatic carboxylic acids is 2. The molecule has 0 spiro atoms. The summed E-state index contributed by atoms with van der Waals surface area (Å²) >= 11 is 0. The first-order valence-electron chi connectivity index (χ1n) is 5.26. The Morgan fingerprint density at radius 1 is 0.810 bits per heavy atom. The highest BCUT2D eigenvalue weighted by Gasteiger charge is 2.38. The number of hydrogen-bond donors (Lipinski definition) is 5. The minimum Gasteiger partial charge on any atom is -0.506 e. The lowest BCUT2D eigenvalue weighted by Crippen LogP contribution is -2.21. The highest BCUT2D eigenvalue weighted by Crippen LogP contribution is 2.40. The summed E-state index contributed by atoms with van der Waals surface area (Å²) in [5.41, 5.74) is -4.32. The quantitative estimate of drug-likeness (QED) is 0.481. The first-order chi connectivity index (χ1) is 9.68. The van der Waals surface area contributed by atoms with Gasteiger partial charge in [0.15, 0.2) is 11.5 Å². The van der Waals surface area contributed by atoms with Crippen LogP contribution >= 0.6 is 0 Å². The molecule has 0 aromatic heterocycles. The molecule has 21 heavy (non-hydrogen) atoms. The molecule has 0 fully saturated rings. The van der Waals surface area contributed by atoms with Gasteiger partial charge < -0.3 is 25.5 Å². The number of Topliss-reactive ketones (excluding diaryl/α,β-unsaturated/α-hetero) is 1. The van der Waals surface area contributed by atoms with Gasteiger partial charge in [0.05, 0.1) is 11.1 Å². The Hall–Kier alpha value is -3.36.